The monoisotopic (exact) mass is 500 g/mol. The quantitative estimate of drug-likeness (QED) is 0.510. The number of hydrogen-bond donors (Lipinski definition) is 2. The van der Waals surface area contributed by atoms with Crippen LogP contribution >= 0.6 is 11.6 Å². The normalized spacial score (nSPS) is 21.0. The summed E-state index contributed by atoms with van der Waals surface area (Å²) in [6, 6.07) is 5.72. The molecule has 0 amide bonds. The van der Waals surface area contributed by atoms with Crippen molar-refractivity contribution in [2.45, 2.75) is 64.4 Å². The Bertz CT molecular complexity index is 1290. The van der Waals surface area contributed by atoms with E-state index < -0.39 is 5.60 Å². The average Bonchev–Trinajstić information content (AvgIpc) is 3.61. The lowest BCUT2D eigenvalue weighted by Gasteiger charge is -2.37. The molecule has 3 aromatic rings. The third kappa shape index (κ3) is 5.17. The van der Waals surface area contributed by atoms with Gasteiger partial charge < -0.3 is 20.1 Å². The van der Waals surface area contributed by atoms with E-state index in [0.717, 1.165) is 29.8 Å². The summed E-state index contributed by atoms with van der Waals surface area (Å²) < 4.78 is 9.44. The highest BCUT2D eigenvalue weighted by Crippen LogP contribution is 2.37. The van der Waals surface area contributed by atoms with Gasteiger partial charge in [0.25, 0.3) is 0 Å². The van der Waals surface area contributed by atoms with Crippen LogP contribution in [-0.2, 0) is 18.3 Å². The minimum atomic E-state index is -0.863. The van der Waals surface area contributed by atoms with Crippen LogP contribution in [0.15, 0.2) is 29.2 Å². The number of nitrogens with one attached hydrogen (secondary N) is 1. The Hall–Kier alpha value is -2.62. The molecule has 1 aromatic carbocycles. The van der Waals surface area contributed by atoms with Crippen molar-refractivity contribution < 1.29 is 9.84 Å². The maximum atomic E-state index is 12.8. The van der Waals surface area contributed by atoms with Crippen molar-refractivity contribution in [3.05, 3.63) is 39.9 Å². The molecular formula is C25H33ClN6O3. The van der Waals surface area contributed by atoms with Gasteiger partial charge in [-0.05, 0) is 64.2 Å². The van der Waals surface area contributed by atoms with Gasteiger partial charge in [0.15, 0.2) is 5.82 Å². The lowest BCUT2D eigenvalue weighted by Crippen LogP contribution is -2.48. The number of halogens is 1. The highest BCUT2D eigenvalue weighted by Gasteiger charge is 2.38. The van der Waals surface area contributed by atoms with Gasteiger partial charge in [-0.2, -0.15) is 4.98 Å². The summed E-state index contributed by atoms with van der Waals surface area (Å²) in [4.78, 5) is 24.2. The van der Waals surface area contributed by atoms with Crippen LogP contribution in [0, 0.1) is 5.92 Å². The average molecular weight is 501 g/mol. The van der Waals surface area contributed by atoms with E-state index in [1.54, 1.807) is 36.2 Å². The number of morpholine rings is 1. The van der Waals surface area contributed by atoms with Gasteiger partial charge in [0, 0.05) is 32.4 Å². The van der Waals surface area contributed by atoms with Crippen molar-refractivity contribution in [3.8, 4) is 0 Å². The Morgan fingerprint density at radius 2 is 2.03 bits per heavy atom. The number of anilines is 3. The van der Waals surface area contributed by atoms with Gasteiger partial charge in [0.05, 0.1) is 35.0 Å². The van der Waals surface area contributed by atoms with Gasteiger partial charge >= 0.3 is 5.69 Å². The Morgan fingerprint density at radius 1 is 1.26 bits per heavy atom. The van der Waals surface area contributed by atoms with E-state index in [-0.39, 0.29) is 17.9 Å². The Balaban J connectivity index is 1.42. The molecule has 2 N–H and O–H groups in total. The number of imidazole rings is 1. The molecule has 10 heteroatoms. The minimum Gasteiger partial charge on any atom is -0.390 e. The summed E-state index contributed by atoms with van der Waals surface area (Å²) >= 11 is 6.46. The maximum Gasteiger partial charge on any atom is 0.328 e. The molecule has 1 aliphatic heterocycles. The fraction of sp³-hybridized carbons (Fsp3) is 0.560. The molecule has 35 heavy (non-hydrogen) atoms. The molecule has 2 aliphatic rings. The predicted octanol–water partition coefficient (Wildman–Crippen LogP) is 3.69. The second kappa shape index (κ2) is 9.11. The van der Waals surface area contributed by atoms with Gasteiger partial charge in [-0.15, -0.1) is 0 Å². The fourth-order valence-electron chi connectivity index (χ4n) is 4.70. The zero-order chi connectivity index (χ0) is 24.9. The van der Waals surface area contributed by atoms with Crippen LogP contribution in [0.4, 0.5) is 17.5 Å². The molecule has 9 nitrogen and oxygen atoms in total. The Kier molecular flexibility index (Phi) is 6.27. The number of benzene rings is 1. The van der Waals surface area contributed by atoms with Crippen LogP contribution in [0.2, 0.25) is 5.02 Å². The van der Waals surface area contributed by atoms with Gasteiger partial charge in [-0.3, -0.25) is 9.13 Å². The molecule has 2 atom stereocenters. The first-order valence-electron chi connectivity index (χ1n) is 12.2. The molecule has 0 spiro atoms. The van der Waals surface area contributed by atoms with Crippen LogP contribution in [0.25, 0.3) is 11.0 Å². The van der Waals surface area contributed by atoms with Crippen LogP contribution in [0.3, 0.4) is 0 Å². The van der Waals surface area contributed by atoms with Crippen molar-refractivity contribution in [3.63, 3.8) is 0 Å². The SMILES string of the molecule is C[C@@H]1CN(c2ncc(Cl)c(Nc3ccc4c(c3)n(CCC(C)(C)O)c(=O)n4C)n2)CC(C2CC2)O1. The number of aryl methyl sites for hydroxylation is 2. The van der Waals surface area contributed by atoms with Crippen molar-refractivity contribution in [1.82, 2.24) is 19.1 Å². The van der Waals surface area contributed by atoms with Crippen molar-refractivity contribution in [2.75, 3.05) is 23.3 Å². The highest BCUT2D eigenvalue weighted by atomic mass is 35.5. The van der Waals surface area contributed by atoms with Crippen LogP contribution in [0.5, 0.6) is 0 Å². The summed E-state index contributed by atoms with van der Waals surface area (Å²) in [6.07, 6.45) is 4.87. The first-order chi connectivity index (χ1) is 16.6. The first kappa shape index (κ1) is 24.1. The van der Waals surface area contributed by atoms with Crippen LogP contribution in [-0.4, -0.2) is 55.1 Å². The smallest absolute Gasteiger partial charge is 0.328 e. The number of fused-ring (bicyclic) bond motifs is 1. The van der Waals surface area contributed by atoms with E-state index in [0.29, 0.717) is 35.7 Å². The number of rotatable bonds is 7. The molecule has 3 heterocycles. The summed E-state index contributed by atoms with van der Waals surface area (Å²) in [6.45, 7) is 7.50. The lowest BCUT2D eigenvalue weighted by molar-refractivity contribution is -0.0276. The van der Waals surface area contributed by atoms with E-state index in [9.17, 15) is 9.90 Å². The highest BCUT2D eigenvalue weighted by molar-refractivity contribution is 6.32. The number of aliphatic hydroxyl groups is 1. The van der Waals surface area contributed by atoms with Gasteiger partial charge in [-0.1, -0.05) is 11.6 Å². The molecule has 188 valence electrons. The summed E-state index contributed by atoms with van der Waals surface area (Å²) in [5.74, 6) is 1.77. The fourth-order valence-corrected chi connectivity index (χ4v) is 4.84. The Morgan fingerprint density at radius 3 is 2.74 bits per heavy atom. The van der Waals surface area contributed by atoms with E-state index in [1.165, 1.54) is 12.8 Å². The molecule has 1 aliphatic carbocycles. The molecule has 1 saturated carbocycles. The number of ether oxygens (including phenoxy) is 1. The summed E-state index contributed by atoms with van der Waals surface area (Å²) in [5, 5.41) is 13.9. The lowest BCUT2D eigenvalue weighted by atomic mass is 10.1. The zero-order valence-electron chi connectivity index (χ0n) is 20.7. The topological polar surface area (TPSA) is 97.4 Å². The molecule has 2 fully saturated rings. The maximum absolute atomic E-state index is 12.8. The largest absolute Gasteiger partial charge is 0.390 e. The van der Waals surface area contributed by atoms with Crippen molar-refractivity contribution >= 4 is 40.1 Å². The predicted molar refractivity (Wildman–Crippen MR) is 138 cm³/mol. The molecule has 0 bridgehead atoms. The molecule has 1 unspecified atom stereocenters. The minimum absolute atomic E-state index is 0.115. The number of aromatic nitrogens is 4. The summed E-state index contributed by atoms with van der Waals surface area (Å²) in [5.41, 5.74) is 1.39. The third-order valence-electron chi connectivity index (χ3n) is 6.80. The number of nitrogens with zero attached hydrogens (tertiary/aromatic N) is 5. The van der Waals surface area contributed by atoms with Gasteiger partial charge in [0.1, 0.15) is 5.02 Å². The molecule has 2 aromatic heterocycles. The summed E-state index contributed by atoms with van der Waals surface area (Å²) in [7, 11) is 1.75. The second-order valence-electron chi connectivity index (χ2n) is 10.5. The standard InChI is InChI=1S/C25H33ClN6O3/c1-15-13-31(14-21(35-15)16-5-6-16)23-27-12-18(26)22(29-23)28-17-7-8-19-20(11-17)32(24(33)30(19)4)10-9-25(2,3)34/h7-8,11-12,15-16,21,34H,5-6,9-10,13-14H2,1-4H3,(H,27,28,29)/t15-,21?/m1/s1. The number of hydrogen-bond acceptors (Lipinski definition) is 7. The van der Waals surface area contributed by atoms with E-state index in [4.69, 9.17) is 21.3 Å². The Labute approximate surface area is 209 Å². The molecule has 1 saturated heterocycles. The van der Waals surface area contributed by atoms with Crippen LogP contribution in [0.1, 0.15) is 40.0 Å². The molecule has 5 rings (SSSR count). The third-order valence-corrected chi connectivity index (χ3v) is 7.08. The van der Waals surface area contributed by atoms with Crippen molar-refractivity contribution in [2.24, 2.45) is 13.0 Å². The van der Waals surface area contributed by atoms with E-state index in [2.05, 4.69) is 22.1 Å². The zero-order valence-corrected chi connectivity index (χ0v) is 21.4. The molecular weight excluding hydrogens is 468 g/mol. The van der Waals surface area contributed by atoms with Gasteiger partial charge in [-0.25, -0.2) is 9.78 Å². The molecule has 0 radical (unpaired) electrons. The van der Waals surface area contributed by atoms with Crippen LogP contribution < -0.4 is 15.9 Å². The second-order valence-corrected chi connectivity index (χ2v) is 10.9. The van der Waals surface area contributed by atoms with E-state index in [1.807, 2.05) is 18.2 Å². The van der Waals surface area contributed by atoms with Gasteiger partial charge in [0.2, 0.25) is 5.95 Å². The first-order valence-corrected chi connectivity index (χ1v) is 12.6. The van der Waals surface area contributed by atoms with Crippen molar-refractivity contribution in [1.29, 1.82) is 0 Å². The van der Waals surface area contributed by atoms with E-state index >= 15 is 0 Å².